The molecule has 1 rings (SSSR count). The lowest BCUT2D eigenvalue weighted by atomic mass is 9.87. The molecule has 1 fully saturated rings. The van der Waals surface area contributed by atoms with Crippen LogP contribution in [0.1, 0.15) is 34.1 Å². The van der Waals surface area contributed by atoms with Gasteiger partial charge in [0.05, 0.1) is 11.2 Å². The van der Waals surface area contributed by atoms with Crippen LogP contribution in [-0.4, -0.2) is 38.0 Å². The molecule has 0 spiro atoms. The lowest BCUT2D eigenvalue weighted by Crippen LogP contribution is -2.60. The highest BCUT2D eigenvalue weighted by Gasteiger charge is 2.41. The molecular formula is C12H25NO2. The van der Waals surface area contributed by atoms with Crippen molar-refractivity contribution in [2.24, 2.45) is 5.92 Å². The summed E-state index contributed by atoms with van der Waals surface area (Å²) >= 11 is 0. The molecule has 1 aliphatic heterocycles. The predicted molar refractivity (Wildman–Crippen MR) is 62.1 cm³/mol. The van der Waals surface area contributed by atoms with Crippen LogP contribution in [0, 0.1) is 5.92 Å². The van der Waals surface area contributed by atoms with E-state index in [0.29, 0.717) is 5.92 Å². The van der Waals surface area contributed by atoms with Gasteiger partial charge in [-0.25, -0.2) is 0 Å². The highest BCUT2D eigenvalue weighted by Crippen LogP contribution is 2.32. The molecule has 0 aromatic heterocycles. The summed E-state index contributed by atoms with van der Waals surface area (Å²) in [6.45, 7) is 11.4. The lowest BCUT2D eigenvalue weighted by molar-refractivity contribution is -0.187. The molecule has 1 saturated heterocycles. The normalized spacial score (nSPS) is 37.2. The fourth-order valence-corrected chi connectivity index (χ4v) is 1.99. The van der Waals surface area contributed by atoms with E-state index in [1.807, 2.05) is 0 Å². The molecule has 0 bridgehead atoms. The molecule has 15 heavy (non-hydrogen) atoms. The molecule has 0 saturated carbocycles. The maximum Gasteiger partial charge on any atom is 0.0809 e. The number of rotatable bonds is 4. The van der Waals surface area contributed by atoms with E-state index in [4.69, 9.17) is 9.47 Å². The first kappa shape index (κ1) is 12.9. The number of morpholine rings is 1. The van der Waals surface area contributed by atoms with Crippen molar-refractivity contribution in [3.63, 3.8) is 0 Å². The number of methoxy groups -OCH3 is 1. The van der Waals surface area contributed by atoms with Crippen LogP contribution in [0.4, 0.5) is 0 Å². The van der Waals surface area contributed by atoms with Crippen LogP contribution in [0.5, 0.6) is 0 Å². The van der Waals surface area contributed by atoms with Gasteiger partial charge in [-0.2, -0.15) is 0 Å². The Bertz CT molecular complexity index is 208. The molecule has 1 aliphatic rings. The Labute approximate surface area is 93.5 Å². The van der Waals surface area contributed by atoms with Crippen molar-refractivity contribution < 1.29 is 9.47 Å². The van der Waals surface area contributed by atoms with Gasteiger partial charge in [0, 0.05) is 33.2 Å². The van der Waals surface area contributed by atoms with Gasteiger partial charge in [0.1, 0.15) is 0 Å². The minimum atomic E-state index is -0.0900. The zero-order chi connectivity index (χ0) is 11.5. The molecule has 90 valence electrons. The molecule has 3 nitrogen and oxygen atoms in total. The second-order valence-corrected chi connectivity index (χ2v) is 5.37. The van der Waals surface area contributed by atoms with E-state index in [2.05, 4.69) is 33.0 Å². The average Bonchev–Trinajstić information content (AvgIpc) is 2.14. The summed E-state index contributed by atoms with van der Waals surface area (Å²) in [5.74, 6) is 0.521. The first-order valence-corrected chi connectivity index (χ1v) is 5.82. The van der Waals surface area contributed by atoms with Crippen molar-refractivity contribution in [3.8, 4) is 0 Å². The summed E-state index contributed by atoms with van der Waals surface area (Å²) in [4.78, 5) is 0. The summed E-state index contributed by atoms with van der Waals surface area (Å²) in [6, 6.07) is 0. The minimum absolute atomic E-state index is 0.0548. The standard InChI is InChI=1S/C12H25NO2/c1-10(2)12(4)9-13-8-11(3,15-12)6-7-14-5/h10,13H,6-9H2,1-5H3. The lowest BCUT2D eigenvalue weighted by Gasteiger charge is -2.47. The number of nitrogens with one attached hydrogen (secondary N) is 1. The van der Waals surface area contributed by atoms with Crippen LogP contribution in [-0.2, 0) is 9.47 Å². The molecule has 0 amide bonds. The molecule has 3 heteroatoms. The maximum atomic E-state index is 6.28. The summed E-state index contributed by atoms with van der Waals surface area (Å²) in [5, 5.41) is 3.48. The van der Waals surface area contributed by atoms with Gasteiger partial charge in [-0.05, 0) is 19.8 Å². The second-order valence-electron chi connectivity index (χ2n) is 5.37. The van der Waals surface area contributed by atoms with Crippen LogP contribution in [0.3, 0.4) is 0 Å². The molecule has 1 heterocycles. The van der Waals surface area contributed by atoms with Crippen LogP contribution in [0.2, 0.25) is 0 Å². The molecule has 0 radical (unpaired) electrons. The van der Waals surface area contributed by atoms with Gasteiger partial charge in [0.2, 0.25) is 0 Å². The van der Waals surface area contributed by atoms with E-state index in [1.165, 1.54) is 0 Å². The van der Waals surface area contributed by atoms with Crippen molar-refractivity contribution in [1.29, 1.82) is 0 Å². The highest BCUT2D eigenvalue weighted by molar-refractivity contribution is 4.93. The SMILES string of the molecule is COCCC1(C)CNCC(C)(C(C)C)O1. The molecule has 1 N–H and O–H groups in total. The smallest absolute Gasteiger partial charge is 0.0809 e. The van der Waals surface area contributed by atoms with Gasteiger partial charge < -0.3 is 14.8 Å². The second kappa shape index (κ2) is 4.81. The fraction of sp³-hybridized carbons (Fsp3) is 1.00. The van der Waals surface area contributed by atoms with E-state index in [1.54, 1.807) is 7.11 Å². The Morgan fingerprint density at radius 3 is 2.53 bits per heavy atom. The van der Waals surface area contributed by atoms with Crippen molar-refractivity contribution in [2.75, 3.05) is 26.8 Å². The largest absolute Gasteiger partial charge is 0.385 e. The quantitative estimate of drug-likeness (QED) is 0.776. The molecule has 0 aromatic carbocycles. The van der Waals surface area contributed by atoms with Gasteiger partial charge >= 0.3 is 0 Å². The van der Waals surface area contributed by atoms with Gasteiger partial charge in [-0.1, -0.05) is 13.8 Å². The molecule has 0 aromatic rings. The van der Waals surface area contributed by atoms with Crippen LogP contribution >= 0.6 is 0 Å². The number of hydrogen-bond acceptors (Lipinski definition) is 3. The van der Waals surface area contributed by atoms with Gasteiger partial charge in [-0.15, -0.1) is 0 Å². The first-order valence-electron chi connectivity index (χ1n) is 5.82. The van der Waals surface area contributed by atoms with Crippen molar-refractivity contribution in [1.82, 2.24) is 5.32 Å². The number of ether oxygens (including phenoxy) is 2. The van der Waals surface area contributed by atoms with Crippen LogP contribution in [0.25, 0.3) is 0 Å². The maximum absolute atomic E-state index is 6.28. The van der Waals surface area contributed by atoms with Crippen LogP contribution < -0.4 is 5.32 Å². The Hall–Kier alpha value is -0.120. The first-order chi connectivity index (χ1) is 6.92. The molecular weight excluding hydrogens is 190 g/mol. The third kappa shape index (κ3) is 3.16. The summed E-state index contributed by atoms with van der Waals surface area (Å²) < 4.78 is 11.4. The molecule has 2 unspecified atom stereocenters. The Morgan fingerprint density at radius 2 is 2.00 bits per heavy atom. The van der Waals surface area contributed by atoms with E-state index in [9.17, 15) is 0 Å². The monoisotopic (exact) mass is 215 g/mol. The molecule has 0 aliphatic carbocycles. The van der Waals surface area contributed by atoms with Gasteiger partial charge in [-0.3, -0.25) is 0 Å². The van der Waals surface area contributed by atoms with Gasteiger partial charge in [0.25, 0.3) is 0 Å². The summed E-state index contributed by atoms with van der Waals surface area (Å²) in [7, 11) is 1.74. The van der Waals surface area contributed by atoms with E-state index in [-0.39, 0.29) is 11.2 Å². The minimum Gasteiger partial charge on any atom is -0.385 e. The summed E-state index contributed by atoms with van der Waals surface area (Å²) in [5.41, 5.74) is -0.145. The Kier molecular flexibility index (Phi) is 4.15. The topological polar surface area (TPSA) is 30.5 Å². The zero-order valence-electron chi connectivity index (χ0n) is 10.7. The van der Waals surface area contributed by atoms with Crippen molar-refractivity contribution in [2.45, 2.75) is 45.3 Å². The Balaban J connectivity index is 2.61. The van der Waals surface area contributed by atoms with Crippen molar-refractivity contribution >= 4 is 0 Å². The third-order valence-electron chi connectivity index (χ3n) is 3.51. The Morgan fingerprint density at radius 1 is 1.33 bits per heavy atom. The fourth-order valence-electron chi connectivity index (χ4n) is 1.99. The third-order valence-corrected chi connectivity index (χ3v) is 3.51. The highest BCUT2D eigenvalue weighted by atomic mass is 16.5. The van der Waals surface area contributed by atoms with E-state index >= 15 is 0 Å². The molecule has 2 atom stereocenters. The zero-order valence-corrected chi connectivity index (χ0v) is 10.7. The van der Waals surface area contributed by atoms with Crippen LogP contribution in [0.15, 0.2) is 0 Å². The number of hydrogen-bond donors (Lipinski definition) is 1. The van der Waals surface area contributed by atoms with E-state index < -0.39 is 0 Å². The summed E-state index contributed by atoms with van der Waals surface area (Å²) in [6.07, 6.45) is 0.943. The van der Waals surface area contributed by atoms with E-state index in [0.717, 1.165) is 26.1 Å². The van der Waals surface area contributed by atoms with Crippen molar-refractivity contribution in [3.05, 3.63) is 0 Å². The average molecular weight is 215 g/mol. The predicted octanol–water partition coefficient (Wildman–Crippen LogP) is 1.82. The van der Waals surface area contributed by atoms with Gasteiger partial charge in [0.15, 0.2) is 0 Å².